The number of nitrogens with zero attached hydrogens (tertiary/aromatic N) is 2. The Bertz CT molecular complexity index is 726. The number of hydrogen-bond acceptors (Lipinski definition) is 5. The number of likely N-dealkylation sites (tertiary alicyclic amines) is 1. The smallest absolute Gasteiger partial charge is 0.254 e. The van der Waals surface area contributed by atoms with Crippen molar-refractivity contribution in [1.29, 1.82) is 0 Å². The number of benzene rings is 1. The molecule has 6 nitrogen and oxygen atoms in total. The predicted molar refractivity (Wildman–Crippen MR) is 88.4 cm³/mol. The van der Waals surface area contributed by atoms with Crippen LogP contribution in [0.4, 0.5) is 0 Å². The van der Waals surface area contributed by atoms with E-state index < -0.39 is 0 Å². The van der Waals surface area contributed by atoms with Gasteiger partial charge in [0, 0.05) is 18.2 Å². The van der Waals surface area contributed by atoms with Gasteiger partial charge in [-0.2, -0.15) is 0 Å². The summed E-state index contributed by atoms with van der Waals surface area (Å²) in [5.74, 6) is 1.88. The standard InChI is InChI=1S/C18H22N2O4/c1-4-13-11-16(24-19-13)14-6-5-9-20(14)18(21)12-7-8-15(22-2)17(10-12)23-3/h7-8,10-11,14H,4-6,9H2,1-3H3. The number of hydrogen-bond donors (Lipinski definition) is 0. The summed E-state index contributed by atoms with van der Waals surface area (Å²) in [6.07, 6.45) is 2.66. The highest BCUT2D eigenvalue weighted by atomic mass is 16.5. The first kappa shape index (κ1) is 16.4. The van der Waals surface area contributed by atoms with Gasteiger partial charge < -0.3 is 18.9 Å². The molecule has 2 aromatic rings. The quantitative estimate of drug-likeness (QED) is 0.842. The summed E-state index contributed by atoms with van der Waals surface area (Å²) in [6, 6.07) is 7.12. The minimum atomic E-state index is -0.0570. The van der Waals surface area contributed by atoms with Gasteiger partial charge in [0.1, 0.15) is 0 Å². The Morgan fingerprint density at radius 1 is 1.29 bits per heavy atom. The number of carbonyl (C=O) groups excluding carboxylic acids is 1. The molecule has 0 saturated carbocycles. The lowest BCUT2D eigenvalue weighted by Crippen LogP contribution is -2.30. The monoisotopic (exact) mass is 330 g/mol. The molecule has 1 aromatic carbocycles. The Hall–Kier alpha value is -2.50. The second kappa shape index (κ2) is 6.95. The molecule has 0 spiro atoms. The van der Waals surface area contributed by atoms with E-state index >= 15 is 0 Å². The molecule has 1 aliphatic rings. The van der Waals surface area contributed by atoms with E-state index in [1.165, 1.54) is 0 Å². The maximum absolute atomic E-state index is 12.9. The van der Waals surface area contributed by atoms with Crippen LogP contribution in [0.5, 0.6) is 11.5 Å². The number of aromatic nitrogens is 1. The molecule has 0 bridgehead atoms. The summed E-state index contributed by atoms with van der Waals surface area (Å²) in [7, 11) is 3.14. The van der Waals surface area contributed by atoms with Crippen LogP contribution in [0, 0.1) is 0 Å². The van der Waals surface area contributed by atoms with Crippen LogP contribution in [-0.4, -0.2) is 36.7 Å². The molecule has 0 radical (unpaired) electrons. The molecule has 1 aromatic heterocycles. The third-order valence-electron chi connectivity index (χ3n) is 4.41. The molecule has 1 unspecified atom stereocenters. The summed E-state index contributed by atoms with van der Waals surface area (Å²) in [6.45, 7) is 2.74. The van der Waals surface area contributed by atoms with Crippen molar-refractivity contribution in [2.75, 3.05) is 20.8 Å². The van der Waals surface area contributed by atoms with Crippen LogP contribution < -0.4 is 9.47 Å². The third kappa shape index (κ3) is 2.96. The molecule has 24 heavy (non-hydrogen) atoms. The van der Waals surface area contributed by atoms with Gasteiger partial charge >= 0.3 is 0 Å². The van der Waals surface area contributed by atoms with Gasteiger partial charge in [-0.25, -0.2) is 0 Å². The van der Waals surface area contributed by atoms with Gasteiger partial charge in [-0.1, -0.05) is 12.1 Å². The van der Waals surface area contributed by atoms with Gasteiger partial charge in [0.25, 0.3) is 5.91 Å². The molecule has 1 amide bonds. The fourth-order valence-corrected chi connectivity index (χ4v) is 3.09. The summed E-state index contributed by atoms with van der Waals surface area (Å²) in [5, 5.41) is 4.05. The van der Waals surface area contributed by atoms with E-state index in [4.69, 9.17) is 14.0 Å². The topological polar surface area (TPSA) is 64.8 Å². The Morgan fingerprint density at radius 2 is 2.08 bits per heavy atom. The van der Waals surface area contributed by atoms with E-state index in [0.29, 0.717) is 23.6 Å². The van der Waals surface area contributed by atoms with Crippen LogP contribution >= 0.6 is 0 Å². The first-order valence-electron chi connectivity index (χ1n) is 8.16. The van der Waals surface area contributed by atoms with Crippen molar-refractivity contribution in [2.24, 2.45) is 0 Å². The second-order valence-corrected chi connectivity index (χ2v) is 5.80. The van der Waals surface area contributed by atoms with E-state index in [1.54, 1.807) is 32.4 Å². The summed E-state index contributed by atoms with van der Waals surface area (Å²) in [4.78, 5) is 14.8. The van der Waals surface area contributed by atoms with Crippen molar-refractivity contribution >= 4 is 5.91 Å². The molecule has 2 heterocycles. The Kier molecular flexibility index (Phi) is 4.74. The SMILES string of the molecule is CCc1cc(C2CCCN2C(=O)c2ccc(OC)c(OC)c2)on1. The van der Waals surface area contributed by atoms with Gasteiger partial charge in [0.15, 0.2) is 17.3 Å². The van der Waals surface area contributed by atoms with Gasteiger partial charge in [-0.05, 0) is 37.5 Å². The number of methoxy groups -OCH3 is 2. The first-order valence-corrected chi connectivity index (χ1v) is 8.16. The summed E-state index contributed by atoms with van der Waals surface area (Å²) >= 11 is 0. The van der Waals surface area contributed by atoms with Crippen LogP contribution in [0.15, 0.2) is 28.8 Å². The Morgan fingerprint density at radius 3 is 2.75 bits per heavy atom. The normalized spacial score (nSPS) is 17.1. The van der Waals surface area contributed by atoms with Crippen molar-refractivity contribution in [1.82, 2.24) is 10.1 Å². The van der Waals surface area contributed by atoms with E-state index in [2.05, 4.69) is 5.16 Å². The number of rotatable bonds is 5. The molecule has 0 N–H and O–H groups in total. The lowest BCUT2D eigenvalue weighted by atomic mass is 10.1. The van der Waals surface area contributed by atoms with Gasteiger partial charge in [-0.3, -0.25) is 4.79 Å². The highest BCUT2D eigenvalue weighted by Gasteiger charge is 2.33. The molecule has 6 heteroatoms. The average molecular weight is 330 g/mol. The number of amides is 1. The molecule has 3 rings (SSSR count). The van der Waals surface area contributed by atoms with E-state index in [-0.39, 0.29) is 11.9 Å². The molecule has 128 valence electrons. The summed E-state index contributed by atoms with van der Waals surface area (Å²) in [5.41, 5.74) is 1.49. The van der Waals surface area contributed by atoms with E-state index in [9.17, 15) is 4.79 Å². The molecule has 1 atom stereocenters. The molecule has 0 aliphatic carbocycles. The number of ether oxygens (including phenoxy) is 2. The van der Waals surface area contributed by atoms with Gasteiger partial charge in [-0.15, -0.1) is 0 Å². The lowest BCUT2D eigenvalue weighted by Gasteiger charge is -2.23. The third-order valence-corrected chi connectivity index (χ3v) is 4.41. The van der Waals surface area contributed by atoms with Crippen molar-refractivity contribution in [3.8, 4) is 11.5 Å². The predicted octanol–water partition coefficient (Wildman–Crippen LogP) is 3.23. The average Bonchev–Trinajstić information content (AvgIpc) is 3.28. The van der Waals surface area contributed by atoms with Crippen LogP contribution in [0.1, 0.15) is 47.6 Å². The molecular weight excluding hydrogens is 308 g/mol. The first-order chi connectivity index (χ1) is 11.7. The molecular formula is C18H22N2O4. The zero-order valence-corrected chi connectivity index (χ0v) is 14.2. The van der Waals surface area contributed by atoms with Gasteiger partial charge in [0.2, 0.25) is 0 Å². The molecule has 1 fully saturated rings. The largest absolute Gasteiger partial charge is 0.493 e. The maximum atomic E-state index is 12.9. The lowest BCUT2D eigenvalue weighted by molar-refractivity contribution is 0.0714. The van der Waals surface area contributed by atoms with Crippen LogP contribution in [0.2, 0.25) is 0 Å². The van der Waals surface area contributed by atoms with Crippen molar-refractivity contribution in [3.63, 3.8) is 0 Å². The molecule has 1 aliphatic heterocycles. The zero-order chi connectivity index (χ0) is 17.1. The van der Waals surface area contributed by atoms with E-state index in [0.717, 1.165) is 30.7 Å². The zero-order valence-electron chi connectivity index (χ0n) is 14.2. The fraction of sp³-hybridized carbons (Fsp3) is 0.444. The van der Waals surface area contributed by atoms with Crippen molar-refractivity contribution < 1.29 is 18.8 Å². The van der Waals surface area contributed by atoms with Crippen LogP contribution in [-0.2, 0) is 6.42 Å². The van der Waals surface area contributed by atoms with Gasteiger partial charge in [0.05, 0.1) is 26.0 Å². The minimum absolute atomic E-state index is 0.0344. The molecule has 1 saturated heterocycles. The van der Waals surface area contributed by atoms with Crippen molar-refractivity contribution in [3.05, 3.63) is 41.3 Å². The number of carbonyl (C=O) groups is 1. The maximum Gasteiger partial charge on any atom is 0.254 e. The second-order valence-electron chi connectivity index (χ2n) is 5.80. The minimum Gasteiger partial charge on any atom is -0.493 e. The van der Waals surface area contributed by atoms with Crippen molar-refractivity contribution in [2.45, 2.75) is 32.2 Å². The van der Waals surface area contributed by atoms with E-state index in [1.807, 2.05) is 17.9 Å². The fourth-order valence-electron chi connectivity index (χ4n) is 3.09. The highest BCUT2D eigenvalue weighted by Crippen LogP contribution is 2.35. The number of aryl methyl sites for hydroxylation is 1. The summed E-state index contributed by atoms with van der Waals surface area (Å²) < 4.78 is 16.0. The van der Waals surface area contributed by atoms with Crippen LogP contribution in [0.25, 0.3) is 0 Å². The highest BCUT2D eigenvalue weighted by molar-refractivity contribution is 5.95. The Labute approximate surface area is 141 Å². The van der Waals surface area contributed by atoms with Crippen LogP contribution in [0.3, 0.4) is 0 Å². The Balaban J connectivity index is 1.85.